The Morgan fingerprint density at radius 1 is 1.54 bits per heavy atom. The van der Waals surface area contributed by atoms with Crippen LogP contribution in [0.25, 0.3) is 0 Å². The number of rotatable bonds is 3. The predicted octanol–water partition coefficient (Wildman–Crippen LogP) is 3.08. The molecule has 0 aliphatic heterocycles. The van der Waals surface area contributed by atoms with E-state index in [9.17, 15) is 4.79 Å². The Kier molecular flexibility index (Phi) is 3.76. The summed E-state index contributed by atoms with van der Waals surface area (Å²) in [6, 6.07) is 7.24. The van der Waals surface area contributed by atoms with Gasteiger partial charge in [0.25, 0.3) is 0 Å². The Bertz CT molecular complexity index is 308. The second kappa shape index (κ2) is 4.64. The van der Waals surface area contributed by atoms with E-state index in [1.165, 1.54) is 0 Å². The third-order valence-electron chi connectivity index (χ3n) is 1.71. The molecule has 70 valence electrons. The fourth-order valence-corrected chi connectivity index (χ4v) is 1.28. The summed E-state index contributed by atoms with van der Waals surface area (Å²) in [4.78, 5) is 11.2. The standard InChI is InChI=1S/C10H10Cl2O/c1-7(11)10(13)6-8-3-2-4-9(12)5-8/h2-5,7H,6H2,1H3. The first-order valence-electron chi connectivity index (χ1n) is 4.01. The van der Waals surface area contributed by atoms with E-state index in [4.69, 9.17) is 23.2 Å². The number of carbonyl (C=O) groups is 1. The van der Waals surface area contributed by atoms with E-state index in [0.717, 1.165) is 5.56 Å². The minimum Gasteiger partial charge on any atom is -0.298 e. The van der Waals surface area contributed by atoms with Crippen molar-refractivity contribution in [3.63, 3.8) is 0 Å². The van der Waals surface area contributed by atoms with Crippen LogP contribution in [0.15, 0.2) is 24.3 Å². The highest BCUT2D eigenvalue weighted by Crippen LogP contribution is 2.12. The SMILES string of the molecule is CC(Cl)C(=O)Cc1cccc(Cl)c1. The summed E-state index contributed by atoms with van der Waals surface area (Å²) in [5, 5.41) is 0.214. The molecule has 0 heterocycles. The highest BCUT2D eigenvalue weighted by molar-refractivity contribution is 6.31. The topological polar surface area (TPSA) is 17.1 Å². The van der Waals surface area contributed by atoms with Gasteiger partial charge in [0.05, 0.1) is 5.38 Å². The molecule has 0 saturated heterocycles. The first-order chi connectivity index (χ1) is 6.09. The second-order valence-corrected chi connectivity index (χ2v) is 3.98. The van der Waals surface area contributed by atoms with Gasteiger partial charge in [-0.3, -0.25) is 4.79 Å². The van der Waals surface area contributed by atoms with Crippen molar-refractivity contribution in [2.75, 3.05) is 0 Å². The highest BCUT2D eigenvalue weighted by atomic mass is 35.5. The highest BCUT2D eigenvalue weighted by Gasteiger charge is 2.09. The number of hydrogen-bond acceptors (Lipinski definition) is 1. The lowest BCUT2D eigenvalue weighted by atomic mass is 10.1. The molecule has 0 spiro atoms. The van der Waals surface area contributed by atoms with E-state index in [1.807, 2.05) is 12.1 Å². The molecule has 0 N–H and O–H groups in total. The largest absolute Gasteiger partial charge is 0.298 e. The van der Waals surface area contributed by atoms with Crippen molar-refractivity contribution in [2.24, 2.45) is 0 Å². The molecule has 0 fully saturated rings. The summed E-state index contributed by atoms with van der Waals surface area (Å²) in [5.74, 6) is 0.0175. The molecule has 0 aromatic heterocycles. The van der Waals surface area contributed by atoms with Gasteiger partial charge in [-0.2, -0.15) is 0 Å². The van der Waals surface area contributed by atoms with Gasteiger partial charge >= 0.3 is 0 Å². The average Bonchev–Trinajstić information content (AvgIpc) is 2.04. The Morgan fingerprint density at radius 3 is 2.77 bits per heavy atom. The smallest absolute Gasteiger partial charge is 0.154 e. The Balaban J connectivity index is 2.69. The molecule has 0 amide bonds. The van der Waals surface area contributed by atoms with Crippen molar-refractivity contribution < 1.29 is 4.79 Å². The Hall–Kier alpha value is -0.530. The van der Waals surface area contributed by atoms with Crippen molar-refractivity contribution in [3.05, 3.63) is 34.9 Å². The number of benzene rings is 1. The second-order valence-electron chi connectivity index (χ2n) is 2.89. The normalized spacial score (nSPS) is 12.5. The van der Waals surface area contributed by atoms with Crippen molar-refractivity contribution in [1.29, 1.82) is 0 Å². The van der Waals surface area contributed by atoms with Gasteiger partial charge in [-0.05, 0) is 24.6 Å². The zero-order valence-electron chi connectivity index (χ0n) is 7.26. The number of carbonyl (C=O) groups excluding carboxylic acids is 1. The van der Waals surface area contributed by atoms with Gasteiger partial charge in [-0.15, -0.1) is 11.6 Å². The van der Waals surface area contributed by atoms with Crippen molar-refractivity contribution in [1.82, 2.24) is 0 Å². The first-order valence-corrected chi connectivity index (χ1v) is 4.82. The van der Waals surface area contributed by atoms with E-state index < -0.39 is 5.38 Å². The molecule has 0 aliphatic rings. The van der Waals surface area contributed by atoms with E-state index in [-0.39, 0.29) is 5.78 Å². The maximum absolute atomic E-state index is 11.2. The van der Waals surface area contributed by atoms with Gasteiger partial charge in [0.1, 0.15) is 0 Å². The molecule has 0 saturated carbocycles. The molecule has 0 radical (unpaired) electrons. The van der Waals surface area contributed by atoms with E-state index in [1.54, 1.807) is 19.1 Å². The molecule has 1 nitrogen and oxygen atoms in total. The number of halogens is 2. The lowest BCUT2D eigenvalue weighted by Crippen LogP contribution is -2.12. The van der Waals surface area contributed by atoms with Crippen LogP contribution in [-0.2, 0) is 11.2 Å². The number of hydrogen-bond donors (Lipinski definition) is 0. The number of ketones is 1. The molecule has 1 aromatic rings. The molecular formula is C10H10Cl2O. The first kappa shape index (κ1) is 10.6. The quantitative estimate of drug-likeness (QED) is 0.711. The molecule has 3 heteroatoms. The van der Waals surface area contributed by atoms with Crippen LogP contribution in [0.2, 0.25) is 5.02 Å². The van der Waals surface area contributed by atoms with Gasteiger partial charge < -0.3 is 0 Å². The van der Waals surface area contributed by atoms with Crippen LogP contribution in [0.4, 0.5) is 0 Å². The van der Waals surface area contributed by atoms with Crippen molar-refractivity contribution in [3.8, 4) is 0 Å². The van der Waals surface area contributed by atoms with E-state index in [2.05, 4.69) is 0 Å². The summed E-state index contributed by atoms with van der Waals surface area (Å²) >= 11 is 11.4. The van der Waals surface area contributed by atoms with Crippen LogP contribution in [0, 0.1) is 0 Å². The fraction of sp³-hybridized carbons (Fsp3) is 0.300. The predicted molar refractivity (Wildman–Crippen MR) is 55.5 cm³/mol. The molecule has 1 rings (SSSR count). The maximum Gasteiger partial charge on any atom is 0.154 e. The fourth-order valence-electron chi connectivity index (χ4n) is 0.989. The third-order valence-corrected chi connectivity index (χ3v) is 2.19. The lowest BCUT2D eigenvalue weighted by Gasteiger charge is -2.02. The van der Waals surface area contributed by atoms with Crippen LogP contribution >= 0.6 is 23.2 Å². The number of alkyl halides is 1. The van der Waals surface area contributed by atoms with E-state index in [0.29, 0.717) is 11.4 Å². The van der Waals surface area contributed by atoms with Crippen molar-refractivity contribution in [2.45, 2.75) is 18.7 Å². The minimum atomic E-state index is -0.431. The van der Waals surface area contributed by atoms with Crippen LogP contribution in [0.5, 0.6) is 0 Å². The Morgan fingerprint density at radius 2 is 2.23 bits per heavy atom. The molecule has 0 bridgehead atoms. The third kappa shape index (κ3) is 3.37. The molecule has 1 atom stereocenters. The minimum absolute atomic E-state index is 0.0175. The summed E-state index contributed by atoms with van der Waals surface area (Å²) in [6.45, 7) is 1.68. The van der Waals surface area contributed by atoms with Crippen molar-refractivity contribution >= 4 is 29.0 Å². The summed E-state index contributed by atoms with van der Waals surface area (Å²) in [5.41, 5.74) is 0.907. The number of Topliss-reactive ketones (excluding diaryl/α,β-unsaturated/α-hetero) is 1. The van der Waals surface area contributed by atoms with Crippen LogP contribution in [-0.4, -0.2) is 11.2 Å². The van der Waals surface area contributed by atoms with Gasteiger partial charge in [0, 0.05) is 11.4 Å². The average molecular weight is 217 g/mol. The monoisotopic (exact) mass is 216 g/mol. The molecular weight excluding hydrogens is 207 g/mol. The summed E-state index contributed by atoms with van der Waals surface area (Å²) in [7, 11) is 0. The Labute approximate surface area is 87.7 Å². The van der Waals surface area contributed by atoms with Crippen LogP contribution < -0.4 is 0 Å². The zero-order chi connectivity index (χ0) is 9.84. The van der Waals surface area contributed by atoms with Crippen LogP contribution in [0.3, 0.4) is 0 Å². The van der Waals surface area contributed by atoms with Crippen LogP contribution in [0.1, 0.15) is 12.5 Å². The lowest BCUT2D eigenvalue weighted by molar-refractivity contribution is -0.117. The van der Waals surface area contributed by atoms with Gasteiger partial charge in [0.15, 0.2) is 5.78 Å². The van der Waals surface area contributed by atoms with Gasteiger partial charge in [-0.25, -0.2) is 0 Å². The summed E-state index contributed by atoms with van der Waals surface area (Å²) in [6.07, 6.45) is 0.352. The molecule has 1 aromatic carbocycles. The molecule has 0 aliphatic carbocycles. The van der Waals surface area contributed by atoms with Gasteiger partial charge in [-0.1, -0.05) is 23.7 Å². The maximum atomic E-state index is 11.2. The summed E-state index contributed by atoms with van der Waals surface area (Å²) < 4.78 is 0. The molecule has 1 unspecified atom stereocenters. The zero-order valence-corrected chi connectivity index (χ0v) is 8.77. The van der Waals surface area contributed by atoms with E-state index >= 15 is 0 Å². The van der Waals surface area contributed by atoms with Gasteiger partial charge in [0.2, 0.25) is 0 Å². The molecule has 13 heavy (non-hydrogen) atoms.